The van der Waals surface area contributed by atoms with Crippen LogP contribution in [0.2, 0.25) is 0 Å². The summed E-state index contributed by atoms with van der Waals surface area (Å²) in [5.74, 6) is 0. The maximum absolute atomic E-state index is 9.91. The molecular formula is C11H17NO4S. The van der Waals surface area contributed by atoms with Crippen LogP contribution >= 0.6 is 11.8 Å². The van der Waals surface area contributed by atoms with Gasteiger partial charge in [0.1, 0.15) is 29.8 Å². The fourth-order valence-corrected chi connectivity index (χ4v) is 3.23. The molecule has 5 atom stereocenters. The maximum atomic E-state index is 9.91. The Hall–Kier alpha value is -0.400. The number of rotatable bonds is 4. The monoisotopic (exact) mass is 259 g/mol. The van der Waals surface area contributed by atoms with Gasteiger partial charge in [0.25, 0.3) is 0 Å². The Kier molecular flexibility index (Phi) is 4.22. The number of aliphatic hydroxyl groups is 3. The van der Waals surface area contributed by atoms with E-state index < -0.39 is 24.4 Å². The van der Waals surface area contributed by atoms with Gasteiger partial charge >= 0.3 is 0 Å². The standard InChI is InChI=1S/C11H17NO4S/c1-2-3-4-7-12-8-10(15)9(14)6(5-13)16-11(8)17-7/h2,6,8-11,13-15H,1,3-5H2/t6-,8?,9-,10-,11?/m1/s1. The summed E-state index contributed by atoms with van der Waals surface area (Å²) in [5.41, 5.74) is -0.301. The summed E-state index contributed by atoms with van der Waals surface area (Å²) in [4.78, 5) is 4.36. The Morgan fingerprint density at radius 2 is 2.18 bits per heavy atom. The second-order valence-electron chi connectivity index (χ2n) is 4.17. The van der Waals surface area contributed by atoms with Gasteiger partial charge in [-0.1, -0.05) is 17.8 Å². The van der Waals surface area contributed by atoms with Crippen LogP contribution < -0.4 is 0 Å². The fraction of sp³-hybridized carbons (Fsp3) is 0.727. The maximum Gasteiger partial charge on any atom is 0.134 e. The molecule has 0 aromatic heterocycles. The lowest BCUT2D eigenvalue weighted by molar-refractivity contribution is -0.164. The smallest absolute Gasteiger partial charge is 0.134 e. The van der Waals surface area contributed by atoms with E-state index in [1.54, 1.807) is 0 Å². The average Bonchev–Trinajstić information content (AvgIpc) is 2.74. The molecule has 1 fully saturated rings. The second-order valence-corrected chi connectivity index (χ2v) is 5.34. The van der Waals surface area contributed by atoms with Crippen molar-refractivity contribution in [2.24, 2.45) is 4.99 Å². The predicted molar refractivity (Wildman–Crippen MR) is 66.0 cm³/mol. The summed E-state index contributed by atoms with van der Waals surface area (Å²) in [5, 5.41) is 29.6. The first kappa shape index (κ1) is 13.0. The van der Waals surface area contributed by atoms with Crippen molar-refractivity contribution in [3.63, 3.8) is 0 Å². The number of fused-ring (bicyclic) bond motifs is 1. The SMILES string of the molecule is C=CCCC1=NC2C(O[C@H](CO)[C@@H](O)[C@@H]2O)S1. The molecule has 0 aromatic carbocycles. The molecule has 0 amide bonds. The minimum absolute atomic E-state index is 0.301. The van der Waals surface area contributed by atoms with Gasteiger partial charge in [0.15, 0.2) is 0 Å². The van der Waals surface area contributed by atoms with Crippen LogP contribution in [0.25, 0.3) is 0 Å². The summed E-state index contributed by atoms with van der Waals surface area (Å²) >= 11 is 1.46. The minimum Gasteiger partial charge on any atom is -0.394 e. The first-order valence-corrected chi connectivity index (χ1v) is 6.52. The van der Waals surface area contributed by atoms with Gasteiger partial charge in [0, 0.05) is 0 Å². The number of ether oxygens (including phenoxy) is 1. The number of nitrogens with zero attached hydrogens (tertiary/aromatic N) is 1. The van der Waals surface area contributed by atoms with Gasteiger partial charge in [0.2, 0.25) is 0 Å². The second kappa shape index (κ2) is 5.49. The lowest BCUT2D eigenvalue weighted by Crippen LogP contribution is -2.55. The predicted octanol–water partition coefficient (Wildman–Crippen LogP) is -0.0945. The Bertz CT molecular complexity index is 323. The van der Waals surface area contributed by atoms with Crippen molar-refractivity contribution in [3.8, 4) is 0 Å². The van der Waals surface area contributed by atoms with Crippen molar-refractivity contribution < 1.29 is 20.1 Å². The molecule has 1 saturated heterocycles. The normalized spacial score (nSPS) is 40.9. The number of thioether (sulfide) groups is 1. The van der Waals surface area contributed by atoms with Crippen molar-refractivity contribution in [1.82, 2.24) is 0 Å². The van der Waals surface area contributed by atoms with Gasteiger partial charge in [-0.25, -0.2) is 0 Å². The van der Waals surface area contributed by atoms with E-state index in [9.17, 15) is 10.2 Å². The molecule has 2 aliphatic rings. The molecule has 2 heterocycles. The van der Waals surface area contributed by atoms with Crippen LogP contribution in [0.1, 0.15) is 12.8 Å². The van der Waals surface area contributed by atoms with Gasteiger partial charge in [-0.2, -0.15) is 0 Å². The molecule has 5 nitrogen and oxygen atoms in total. The topological polar surface area (TPSA) is 82.3 Å². The first-order chi connectivity index (χ1) is 8.17. The summed E-state index contributed by atoms with van der Waals surface area (Å²) in [6, 6.07) is -0.433. The van der Waals surface area contributed by atoms with Crippen LogP contribution in [0.4, 0.5) is 0 Å². The fourth-order valence-electron chi connectivity index (χ4n) is 1.98. The Labute approximate surface area is 104 Å². The molecule has 17 heavy (non-hydrogen) atoms. The molecule has 3 N–H and O–H groups in total. The van der Waals surface area contributed by atoms with Crippen molar-refractivity contribution in [3.05, 3.63) is 12.7 Å². The number of allylic oxidation sites excluding steroid dienone is 1. The third-order valence-corrected chi connectivity index (χ3v) is 4.16. The van der Waals surface area contributed by atoms with E-state index in [0.717, 1.165) is 17.9 Å². The highest BCUT2D eigenvalue weighted by molar-refractivity contribution is 8.14. The van der Waals surface area contributed by atoms with Gasteiger partial charge < -0.3 is 20.1 Å². The van der Waals surface area contributed by atoms with Crippen LogP contribution in [0.5, 0.6) is 0 Å². The van der Waals surface area contributed by atoms with E-state index in [4.69, 9.17) is 9.84 Å². The van der Waals surface area contributed by atoms with E-state index in [2.05, 4.69) is 11.6 Å². The van der Waals surface area contributed by atoms with E-state index >= 15 is 0 Å². The highest BCUT2D eigenvalue weighted by Gasteiger charge is 2.47. The molecule has 2 aliphatic heterocycles. The molecular weight excluding hydrogens is 242 g/mol. The van der Waals surface area contributed by atoms with Gasteiger partial charge in [-0.15, -0.1) is 6.58 Å². The van der Waals surface area contributed by atoms with Crippen LogP contribution in [-0.4, -0.2) is 56.8 Å². The zero-order valence-corrected chi connectivity index (χ0v) is 10.2. The molecule has 2 unspecified atom stereocenters. The summed E-state index contributed by atoms with van der Waals surface area (Å²) < 4.78 is 5.51. The Balaban J connectivity index is 2.04. The van der Waals surface area contributed by atoms with E-state index in [1.165, 1.54) is 11.8 Å². The molecule has 0 bridgehead atoms. The van der Waals surface area contributed by atoms with Crippen molar-refractivity contribution in [2.75, 3.05) is 6.61 Å². The largest absolute Gasteiger partial charge is 0.394 e. The van der Waals surface area contributed by atoms with E-state index in [0.29, 0.717) is 0 Å². The van der Waals surface area contributed by atoms with E-state index in [1.807, 2.05) is 6.08 Å². The zero-order valence-electron chi connectivity index (χ0n) is 9.40. The van der Waals surface area contributed by atoms with Crippen LogP contribution in [0, 0.1) is 0 Å². The van der Waals surface area contributed by atoms with E-state index in [-0.39, 0.29) is 12.0 Å². The molecule has 6 heteroatoms. The molecule has 0 aromatic rings. The van der Waals surface area contributed by atoms with Gasteiger partial charge in [0.05, 0.1) is 11.7 Å². The zero-order chi connectivity index (χ0) is 12.4. The third-order valence-electron chi connectivity index (χ3n) is 2.96. The van der Waals surface area contributed by atoms with Crippen molar-refractivity contribution in [1.29, 1.82) is 0 Å². The van der Waals surface area contributed by atoms with Crippen LogP contribution in [-0.2, 0) is 4.74 Å². The number of aliphatic imine (C=N–C) groups is 1. The van der Waals surface area contributed by atoms with Gasteiger partial charge in [-0.3, -0.25) is 4.99 Å². The quantitative estimate of drug-likeness (QED) is 0.614. The summed E-state index contributed by atoms with van der Waals surface area (Å²) in [6.07, 6.45) is 0.634. The minimum atomic E-state index is -1.08. The van der Waals surface area contributed by atoms with Crippen LogP contribution in [0.15, 0.2) is 17.6 Å². The molecule has 96 valence electrons. The first-order valence-electron chi connectivity index (χ1n) is 5.64. The summed E-state index contributed by atoms with van der Waals surface area (Å²) in [6.45, 7) is 3.35. The molecule has 0 spiro atoms. The Morgan fingerprint density at radius 3 is 2.82 bits per heavy atom. The molecule has 0 aliphatic carbocycles. The van der Waals surface area contributed by atoms with Crippen LogP contribution in [0.3, 0.4) is 0 Å². The Morgan fingerprint density at radius 1 is 1.41 bits per heavy atom. The molecule has 0 radical (unpaired) electrons. The van der Waals surface area contributed by atoms with Gasteiger partial charge in [-0.05, 0) is 12.8 Å². The lowest BCUT2D eigenvalue weighted by Gasteiger charge is -2.37. The highest BCUT2D eigenvalue weighted by atomic mass is 32.2. The number of aliphatic hydroxyl groups excluding tert-OH is 3. The average molecular weight is 259 g/mol. The third kappa shape index (κ3) is 2.56. The van der Waals surface area contributed by atoms with Crippen molar-refractivity contribution >= 4 is 16.8 Å². The highest BCUT2D eigenvalue weighted by Crippen LogP contribution is 2.37. The number of hydrogen-bond donors (Lipinski definition) is 3. The van der Waals surface area contributed by atoms with Crippen molar-refractivity contribution in [2.45, 2.75) is 42.6 Å². The molecule has 0 saturated carbocycles. The summed E-state index contributed by atoms with van der Waals surface area (Å²) in [7, 11) is 0. The lowest BCUT2D eigenvalue weighted by atomic mass is 9.99. The molecule has 2 rings (SSSR count). The number of hydrogen-bond acceptors (Lipinski definition) is 6.